The Hall–Kier alpha value is -0.0151. The van der Waals surface area contributed by atoms with Crippen LogP contribution in [0.3, 0.4) is 0 Å². The Kier molecular flexibility index (Phi) is 1.33. The molecule has 0 spiro atoms. The van der Waals surface area contributed by atoms with Crippen LogP contribution in [-0.4, -0.2) is 32.2 Å². The first-order valence-corrected chi connectivity index (χ1v) is 3.75. The molecule has 0 amide bonds. The van der Waals surface area contributed by atoms with Crippen molar-refractivity contribution in [1.29, 1.82) is 0 Å². The van der Waals surface area contributed by atoms with Crippen molar-refractivity contribution in [3.63, 3.8) is 0 Å². The van der Waals surface area contributed by atoms with Crippen LogP contribution in [0, 0.1) is 0 Å². The van der Waals surface area contributed by atoms with Gasteiger partial charge in [0.15, 0.2) is 0 Å². The van der Waals surface area contributed by atoms with Gasteiger partial charge >= 0.3 is 0 Å². The number of ether oxygens (including phenoxy) is 2. The van der Waals surface area contributed by atoms with Crippen molar-refractivity contribution in [3.8, 4) is 0 Å². The zero-order valence-electron chi connectivity index (χ0n) is 6.17. The summed E-state index contributed by atoms with van der Waals surface area (Å²) in [5.41, 5.74) is 0.0162. The van der Waals surface area contributed by atoms with E-state index in [9.17, 15) is 0 Å². The van der Waals surface area contributed by atoms with Crippen molar-refractivity contribution in [1.82, 2.24) is 0 Å². The zero-order valence-corrected chi connectivity index (χ0v) is 6.17. The molecule has 3 unspecified atom stereocenters. The molecule has 0 N–H and O–H groups in total. The first kappa shape index (κ1) is 6.68. The molecular formula is C7H11BO2. The van der Waals surface area contributed by atoms with Gasteiger partial charge in [0, 0.05) is 19.0 Å². The summed E-state index contributed by atoms with van der Waals surface area (Å²) < 4.78 is 10.9. The minimum absolute atomic E-state index is 0.0162. The molecule has 0 aliphatic carbocycles. The van der Waals surface area contributed by atoms with Crippen LogP contribution >= 0.6 is 0 Å². The SMILES string of the molecule is [B]C1OC2(C)CCOC1C2. The van der Waals surface area contributed by atoms with Crippen LogP contribution < -0.4 is 0 Å². The molecule has 3 heteroatoms. The lowest BCUT2D eigenvalue weighted by molar-refractivity contribution is -0.0123. The largest absolute Gasteiger partial charge is 0.379 e. The summed E-state index contributed by atoms with van der Waals surface area (Å²) in [6.07, 6.45) is 2.10. The van der Waals surface area contributed by atoms with Crippen LogP contribution in [0.5, 0.6) is 0 Å². The topological polar surface area (TPSA) is 18.5 Å². The van der Waals surface area contributed by atoms with Crippen LogP contribution in [0.15, 0.2) is 0 Å². The zero-order chi connectivity index (χ0) is 7.19. The molecule has 2 nitrogen and oxygen atoms in total. The highest BCUT2D eigenvalue weighted by molar-refractivity contribution is 6.11. The van der Waals surface area contributed by atoms with Crippen molar-refractivity contribution in [2.75, 3.05) is 6.61 Å². The molecule has 2 rings (SSSR count). The minimum atomic E-state index is -0.188. The fourth-order valence-corrected chi connectivity index (χ4v) is 1.74. The highest BCUT2D eigenvalue weighted by atomic mass is 16.6. The summed E-state index contributed by atoms with van der Waals surface area (Å²) in [5.74, 6) is 0. The van der Waals surface area contributed by atoms with E-state index in [4.69, 9.17) is 17.3 Å². The van der Waals surface area contributed by atoms with Gasteiger partial charge < -0.3 is 9.47 Å². The fraction of sp³-hybridized carbons (Fsp3) is 1.00. The van der Waals surface area contributed by atoms with Gasteiger partial charge in [0.25, 0.3) is 0 Å². The van der Waals surface area contributed by atoms with Gasteiger partial charge in [-0.15, -0.1) is 0 Å². The average Bonchev–Trinajstić information content (AvgIpc) is 2.03. The van der Waals surface area contributed by atoms with E-state index in [1.54, 1.807) is 0 Å². The van der Waals surface area contributed by atoms with Gasteiger partial charge in [-0.2, -0.15) is 0 Å². The van der Waals surface area contributed by atoms with Crippen molar-refractivity contribution < 1.29 is 9.47 Å². The van der Waals surface area contributed by atoms with Crippen LogP contribution in [-0.2, 0) is 9.47 Å². The van der Waals surface area contributed by atoms with Crippen LogP contribution in [0.2, 0.25) is 0 Å². The van der Waals surface area contributed by atoms with Crippen molar-refractivity contribution >= 4 is 7.85 Å². The van der Waals surface area contributed by atoms with E-state index in [-0.39, 0.29) is 17.7 Å². The van der Waals surface area contributed by atoms with E-state index in [1.807, 2.05) is 0 Å². The number of hydrogen-bond acceptors (Lipinski definition) is 2. The van der Waals surface area contributed by atoms with E-state index in [1.165, 1.54) is 0 Å². The maximum absolute atomic E-state index is 5.66. The molecule has 0 aromatic carbocycles. The van der Waals surface area contributed by atoms with Gasteiger partial charge in [0.2, 0.25) is 0 Å². The Morgan fingerprint density at radius 3 is 3.00 bits per heavy atom. The molecule has 2 aliphatic heterocycles. The average molecular weight is 138 g/mol. The molecule has 2 saturated heterocycles. The normalized spacial score (nSPS) is 53.3. The fourth-order valence-electron chi connectivity index (χ4n) is 1.74. The molecule has 0 aromatic rings. The molecule has 2 heterocycles. The van der Waals surface area contributed by atoms with E-state index < -0.39 is 0 Å². The summed E-state index contributed by atoms with van der Waals surface area (Å²) >= 11 is 0. The predicted molar refractivity (Wildman–Crippen MR) is 38.0 cm³/mol. The van der Waals surface area contributed by atoms with Gasteiger partial charge in [0.1, 0.15) is 7.85 Å². The molecular weight excluding hydrogens is 127 g/mol. The van der Waals surface area contributed by atoms with E-state index >= 15 is 0 Å². The molecule has 2 bridgehead atoms. The third kappa shape index (κ3) is 0.885. The lowest BCUT2D eigenvalue weighted by atomic mass is 9.89. The van der Waals surface area contributed by atoms with Gasteiger partial charge in [-0.25, -0.2) is 0 Å². The number of hydrogen-bond donors (Lipinski definition) is 0. The van der Waals surface area contributed by atoms with Gasteiger partial charge in [-0.3, -0.25) is 0 Å². The van der Waals surface area contributed by atoms with Crippen LogP contribution in [0.1, 0.15) is 19.8 Å². The molecule has 2 aliphatic rings. The second-order valence-electron chi connectivity index (χ2n) is 3.40. The van der Waals surface area contributed by atoms with Crippen molar-refractivity contribution in [2.45, 2.75) is 37.5 Å². The predicted octanol–water partition coefficient (Wildman–Crippen LogP) is 0.449. The summed E-state index contributed by atoms with van der Waals surface area (Å²) in [6, 6.07) is -0.188. The number of rotatable bonds is 0. The number of fused-ring (bicyclic) bond motifs is 2. The molecule has 0 saturated carbocycles. The monoisotopic (exact) mass is 138 g/mol. The summed E-state index contributed by atoms with van der Waals surface area (Å²) in [7, 11) is 5.66. The second-order valence-corrected chi connectivity index (χ2v) is 3.40. The summed E-state index contributed by atoms with van der Waals surface area (Å²) in [4.78, 5) is 0. The Bertz CT molecular complexity index is 147. The molecule has 2 fully saturated rings. The van der Waals surface area contributed by atoms with E-state index in [0.29, 0.717) is 0 Å². The summed E-state index contributed by atoms with van der Waals surface area (Å²) in [5, 5.41) is 0. The molecule has 2 radical (unpaired) electrons. The lowest BCUT2D eigenvalue weighted by Crippen LogP contribution is -2.31. The molecule has 10 heavy (non-hydrogen) atoms. The second kappa shape index (κ2) is 1.99. The maximum atomic E-state index is 5.66. The van der Waals surface area contributed by atoms with Gasteiger partial charge in [-0.1, -0.05) is 0 Å². The standard InChI is InChI=1S/C7H11BO2/c1-7-2-3-9-5(4-7)6(8)10-7/h5-6H,2-4H2,1H3. The quantitative estimate of drug-likeness (QED) is 0.452. The highest BCUT2D eigenvalue weighted by Gasteiger charge is 2.44. The van der Waals surface area contributed by atoms with Crippen LogP contribution in [0.25, 0.3) is 0 Å². The summed E-state index contributed by atoms with van der Waals surface area (Å²) in [6.45, 7) is 2.91. The molecule has 0 aromatic heterocycles. The minimum Gasteiger partial charge on any atom is -0.379 e. The van der Waals surface area contributed by atoms with Crippen molar-refractivity contribution in [3.05, 3.63) is 0 Å². The van der Waals surface area contributed by atoms with E-state index in [2.05, 4.69) is 6.92 Å². The molecule has 3 atom stereocenters. The Morgan fingerprint density at radius 2 is 2.40 bits per heavy atom. The third-order valence-corrected chi connectivity index (χ3v) is 2.38. The van der Waals surface area contributed by atoms with E-state index in [0.717, 1.165) is 19.4 Å². The van der Waals surface area contributed by atoms with Gasteiger partial charge in [0.05, 0.1) is 11.7 Å². The first-order chi connectivity index (χ1) is 4.70. The highest BCUT2D eigenvalue weighted by Crippen LogP contribution is 2.37. The van der Waals surface area contributed by atoms with Gasteiger partial charge in [-0.05, 0) is 13.3 Å². The lowest BCUT2D eigenvalue weighted by Gasteiger charge is -2.26. The Balaban J connectivity index is 2.16. The Morgan fingerprint density at radius 1 is 1.60 bits per heavy atom. The maximum Gasteiger partial charge on any atom is 0.112 e. The Labute approximate surface area is 62.3 Å². The van der Waals surface area contributed by atoms with Crippen molar-refractivity contribution in [2.24, 2.45) is 0 Å². The third-order valence-electron chi connectivity index (χ3n) is 2.38. The van der Waals surface area contributed by atoms with Crippen LogP contribution in [0.4, 0.5) is 0 Å². The molecule has 54 valence electrons. The smallest absolute Gasteiger partial charge is 0.112 e. The first-order valence-electron chi connectivity index (χ1n) is 3.75.